The van der Waals surface area contributed by atoms with Crippen molar-refractivity contribution < 1.29 is 14.3 Å². The number of amides is 2. The molecular formula is C24H29N3O3. The minimum atomic E-state index is -0.174. The number of carbonyl (C=O) groups excluding carboxylic acids is 2. The van der Waals surface area contributed by atoms with Crippen LogP contribution in [-0.2, 0) is 4.79 Å². The monoisotopic (exact) mass is 407 g/mol. The van der Waals surface area contributed by atoms with Crippen LogP contribution in [0.25, 0.3) is 0 Å². The molecule has 6 heteroatoms. The first kappa shape index (κ1) is 18.4. The molecule has 0 unspecified atom stereocenters. The maximum absolute atomic E-state index is 13.6. The van der Waals surface area contributed by atoms with E-state index in [0.29, 0.717) is 28.8 Å². The molecule has 0 radical (unpaired) electrons. The number of nitrogens with zero attached hydrogens (tertiary/aromatic N) is 2. The second-order valence-electron chi connectivity index (χ2n) is 9.55. The molecule has 2 amide bonds. The number of nitrogens with one attached hydrogen (secondary N) is 1. The Hall–Kier alpha value is -2.34. The quantitative estimate of drug-likeness (QED) is 0.727. The molecule has 3 fully saturated rings. The lowest BCUT2D eigenvalue weighted by Gasteiger charge is -2.54. The maximum Gasteiger partial charge on any atom is 0.262 e. The van der Waals surface area contributed by atoms with Gasteiger partial charge < -0.3 is 15.0 Å². The van der Waals surface area contributed by atoms with Crippen LogP contribution in [-0.4, -0.2) is 59.9 Å². The third-order valence-electron chi connectivity index (χ3n) is 7.78. The Morgan fingerprint density at radius 3 is 3.03 bits per heavy atom. The van der Waals surface area contributed by atoms with Crippen LogP contribution >= 0.6 is 0 Å². The van der Waals surface area contributed by atoms with E-state index >= 15 is 0 Å². The number of piperidine rings is 3. The minimum Gasteiger partial charge on any atom is -0.482 e. The molecule has 0 saturated carbocycles. The molecule has 6 nitrogen and oxygen atoms in total. The lowest BCUT2D eigenvalue weighted by atomic mass is 9.68. The lowest BCUT2D eigenvalue weighted by molar-refractivity contribution is -0.118. The highest BCUT2D eigenvalue weighted by Crippen LogP contribution is 2.45. The summed E-state index contributed by atoms with van der Waals surface area (Å²) in [5.41, 5.74) is 2.73. The van der Waals surface area contributed by atoms with Gasteiger partial charge in [-0.25, -0.2) is 0 Å². The summed E-state index contributed by atoms with van der Waals surface area (Å²) >= 11 is 0. The van der Waals surface area contributed by atoms with E-state index in [1.165, 1.54) is 37.8 Å². The zero-order valence-electron chi connectivity index (χ0n) is 17.3. The van der Waals surface area contributed by atoms with Crippen LogP contribution in [0.2, 0.25) is 0 Å². The van der Waals surface area contributed by atoms with Crippen LogP contribution in [0, 0.1) is 11.8 Å². The Bertz CT molecular complexity index is 926. The van der Waals surface area contributed by atoms with E-state index in [1.54, 1.807) is 12.1 Å². The number of anilines is 1. The Morgan fingerprint density at radius 2 is 2.10 bits per heavy atom. The molecule has 0 spiro atoms. The molecular weight excluding hydrogens is 378 g/mol. The van der Waals surface area contributed by atoms with Gasteiger partial charge in [-0.2, -0.15) is 0 Å². The van der Waals surface area contributed by atoms with Crippen LogP contribution in [0.1, 0.15) is 48.9 Å². The molecule has 6 rings (SSSR count). The first-order valence-electron chi connectivity index (χ1n) is 11.5. The zero-order chi connectivity index (χ0) is 20.2. The van der Waals surface area contributed by atoms with E-state index in [1.807, 2.05) is 6.07 Å². The third-order valence-corrected chi connectivity index (χ3v) is 7.78. The van der Waals surface area contributed by atoms with E-state index in [-0.39, 0.29) is 24.5 Å². The summed E-state index contributed by atoms with van der Waals surface area (Å²) in [6, 6.07) is 6.37. The van der Waals surface area contributed by atoms with E-state index in [4.69, 9.17) is 4.74 Å². The van der Waals surface area contributed by atoms with Crippen molar-refractivity contribution in [3.05, 3.63) is 35.4 Å². The molecule has 30 heavy (non-hydrogen) atoms. The van der Waals surface area contributed by atoms with Crippen molar-refractivity contribution in [3.63, 3.8) is 0 Å². The number of fused-ring (bicyclic) bond motifs is 7. The zero-order valence-corrected chi connectivity index (χ0v) is 17.3. The average molecular weight is 408 g/mol. The number of ether oxygens (including phenoxy) is 1. The van der Waals surface area contributed by atoms with E-state index in [0.717, 1.165) is 32.0 Å². The fraction of sp³-hybridized carbons (Fsp3) is 0.583. The van der Waals surface area contributed by atoms with Gasteiger partial charge >= 0.3 is 0 Å². The summed E-state index contributed by atoms with van der Waals surface area (Å²) < 4.78 is 5.45. The van der Waals surface area contributed by atoms with Gasteiger partial charge in [-0.15, -0.1) is 0 Å². The van der Waals surface area contributed by atoms with Crippen molar-refractivity contribution in [1.82, 2.24) is 9.80 Å². The van der Waals surface area contributed by atoms with Gasteiger partial charge in [0.2, 0.25) is 0 Å². The first-order valence-corrected chi connectivity index (χ1v) is 11.5. The SMILES string of the molecule is O=C1COc2ccc(C(=O)N3CCCC4=C[C@H]5C[C@@H](CN6CCCC[C@@H]56)[C@H]43)cc2N1. The smallest absolute Gasteiger partial charge is 0.262 e. The molecule has 5 aliphatic rings. The highest BCUT2D eigenvalue weighted by atomic mass is 16.5. The van der Waals surface area contributed by atoms with Crippen molar-refractivity contribution in [2.75, 3.05) is 31.6 Å². The Kier molecular flexibility index (Phi) is 4.37. The largest absolute Gasteiger partial charge is 0.482 e. The summed E-state index contributed by atoms with van der Waals surface area (Å²) in [5.74, 6) is 1.74. The lowest BCUT2D eigenvalue weighted by Crippen LogP contribution is -2.60. The molecule has 158 valence electrons. The van der Waals surface area contributed by atoms with Gasteiger partial charge in [0.25, 0.3) is 11.8 Å². The fourth-order valence-electron chi connectivity index (χ4n) is 6.58. The van der Waals surface area contributed by atoms with Crippen molar-refractivity contribution in [2.45, 2.75) is 50.6 Å². The fourth-order valence-corrected chi connectivity index (χ4v) is 6.58. The molecule has 4 aliphatic heterocycles. The average Bonchev–Trinajstić information content (AvgIpc) is 2.78. The molecule has 4 heterocycles. The van der Waals surface area contributed by atoms with Crippen LogP contribution in [0.3, 0.4) is 0 Å². The number of likely N-dealkylation sites (tertiary alicyclic amines) is 1. The molecule has 1 N–H and O–H groups in total. The van der Waals surface area contributed by atoms with Gasteiger partial charge in [0.15, 0.2) is 6.61 Å². The number of hydrogen-bond acceptors (Lipinski definition) is 4. The summed E-state index contributed by atoms with van der Waals surface area (Å²) in [5, 5.41) is 2.83. The Labute approximate surface area is 177 Å². The van der Waals surface area contributed by atoms with Gasteiger partial charge in [0, 0.05) is 24.7 Å². The van der Waals surface area contributed by atoms with E-state index in [9.17, 15) is 9.59 Å². The standard InChI is InChI=1S/C24H29N3O3/c28-22-14-30-21-7-6-16(12-19(21)25-22)24(29)27-9-3-4-15-10-17-11-18(23(15)27)13-26-8-2-1-5-20(17)26/h6-7,10,12,17-18,20,23H,1-5,8-9,11,13-14H2,(H,25,28)/t17-,18-,20-,23-/m0/s1. The van der Waals surface area contributed by atoms with Crippen molar-refractivity contribution >= 4 is 17.5 Å². The van der Waals surface area contributed by atoms with Crippen LogP contribution in [0.5, 0.6) is 5.75 Å². The molecule has 0 aromatic heterocycles. The number of rotatable bonds is 1. The molecule has 1 aliphatic carbocycles. The van der Waals surface area contributed by atoms with Crippen LogP contribution in [0.4, 0.5) is 5.69 Å². The van der Waals surface area contributed by atoms with Crippen LogP contribution < -0.4 is 10.1 Å². The molecule has 2 bridgehead atoms. The highest BCUT2D eigenvalue weighted by Gasteiger charge is 2.47. The number of benzene rings is 1. The third kappa shape index (κ3) is 2.96. The second kappa shape index (κ2) is 7.12. The molecule has 4 atom stereocenters. The van der Waals surface area contributed by atoms with E-state index in [2.05, 4.69) is 21.2 Å². The summed E-state index contributed by atoms with van der Waals surface area (Å²) in [6.45, 7) is 3.18. The van der Waals surface area contributed by atoms with Gasteiger partial charge in [0.05, 0.1) is 11.7 Å². The number of hydrogen-bond donors (Lipinski definition) is 1. The van der Waals surface area contributed by atoms with Gasteiger partial charge in [-0.05, 0) is 68.7 Å². The number of carbonyl (C=O) groups is 2. The summed E-state index contributed by atoms with van der Waals surface area (Å²) in [7, 11) is 0. The highest BCUT2D eigenvalue weighted by molar-refractivity contribution is 6.00. The predicted octanol–water partition coefficient (Wildman–Crippen LogP) is 3.05. The normalized spacial score (nSPS) is 32.7. The van der Waals surface area contributed by atoms with Crippen molar-refractivity contribution in [1.29, 1.82) is 0 Å². The van der Waals surface area contributed by atoms with E-state index < -0.39 is 0 Å². The second-order valence-corrected chi connectivity index (χ2v) is 9.55. The van der Waals surface area contributed by atoms with Gasteiger partial charge in [-0.3, -0.25) is 14.5 Å². The van der Waals surface area contributed by atoms with Gasteiger partial charge in [-0.1, -0.05) is 18.1 Å². The summed E-state index contributed by atoms with van der Waals surface area (Å²) in [4.78, 5) is 30.1. The van der Waals surface area contributed by atoms with Crippen molar-refractivity contribution in [2.24, 2.45) is 11.8 Å². The minimum absolute atomic E-state index is 0.0307. The van der Waals surface area contributed by atoms with Crippen LogP contribution in [0.15, 0.2) is 29.8 Å². The van der Waals surface area contributed by atoms with Gasteiger partial charge in [0.1, 0.15) is 5.75 Å². The summed E-state index contributed by atoms with van der Waals surface area (Å²) in [6.07, 6.45) is 9.92. The molecule has 1 aromatic rings. The molecule has 1 aromatic carbocycles. The molecule has 3 saturated heterocycles. The topological polar surface area (TPSA) is 61.9 Å². The Morgan fingerprint density at radius 1 is 1.17 bits per heavy atom. The predicted molar refractivity (Wildman–Crippen MR) is 114 cm³/mol. The maximum atomic E-state index is 13.6. The van der Waals surface area contributed by atoms with Crippen molar-refractivity contribution in [3.8, 4) is 5.75 Å². The Balaban J connectivity index is 1.30. The first-order chi connectivity index (χ1) is 14.7.